The van der Waals surface area contributed by atoms with Crippen LogP contribution in [0.2, 0.25) is 0 Å². The lowest BCUT2D eigenvalue weighted by Crippen LogP contribution is -2.39. The fraction of sp³-hybridized carbons (Fsp3) is 0.423. The molecule has 0 aromatic heterocycles. The molecular weight excluding hydrogens is 444 g/mol. The molecule has 0 aliphatic rings. The van der Waals surface area contributed by atoms with Crippen molar-refractivity contribution in [2.75, 3.05) is 19.7 Å². The highest BCUT2D eigenvalue weighted by Crippen LogP contribution is 2.21. The molecular formula is C26H36N6O3. The van der Waals surface area contributed by atoms with Crippen LogP contribution in [-0.4, -0.2) is 48.5 Å². The van der Waals surface area contributed by atoms with Crippen LogP contribution in [-0.2, 0) is 20.7 Å². The molecule has 35 heavy (non-hydrogen) atoms. The third-order valence-electron chi connectivity index (χ3n) is 5.60. The number of hydrogen-bond donors (Lipinski definition) is 4. The van der Waals surface area contributed by atoms with Crippen LogP contribution in [0.25, 0.3) is 11.1 Å². The summed E-state index contributed by atoms with van der Waals surface area (Å²) in [6, 6.07) is 18.0. The number of carbonyl (C=O) groups is 2. The highest BCUT2D eigenvalue weighted by atomic mass is 16.5. The predicted octanol–water partition coefficient (Wildman–Crippen LogP) is 3.93. The summed E-state index contributed by atoms with van der Waals surface area (Å²) in [5.41, 5.74) is 15.9. The molecule has 0 saturated heterocycles. The number of rotatable bonds is 14. The van der Waals surface area contributed by atoms with Crippen LogP contribution >= 0.6 is 0 Å². The summed E-state index contributed by atoms with van der Waals surface area (Å²) in [5, 5.41) is 15.5. The zero-order valence-electron chi connectivity index (χ0n) is 20.5. The zero-order chi connectivity index (χ0) is 25.6. The van der Waals surface area contributed by atoms with Gasteiger partial charge in [-0.1, -0.05) is 66.7 Å². The molecule has 0 spiro atoms. The maximum absolute atomic E-state index is 12.7. The van der Waals surface area contributed by atoms with Crippen molar-refractivity contribution in [1.29, 1.82) is 10.9 Å². The Hall–Kier alpha value is -3.59. The fourth-order valence-corrected chi connectivity index (χ4v) is 3.78. The topological polar surface area (TPSA) is 145 Å². The van der Waals surface area contributed by atoms with E-state index < -0.39 is 0 Å². The lowest BCUT2D eigenvalue weighted by atomic mass is 9.94. The maximum atomic E-state index is 12.7. The van der Waals surface area contributed by atoms with E-state index >= 15 is 0 Å². The molecule has 2 unspecified atom stereocenters. The van der Waals surface area contributed by atoms with E-state index in [4.69, 9.17) is 21.4 Å². The number of hydrogen-bond acceptors (Lipinski definition) is 7. The van der Waals surface area contributed by atoms with Crippen LogP contribution in [0.4, 0.5) is 0 Å². The lowest BCUT2D eigenvalue weighted by molar-refractivity contribution is -0.148. The summed E-state index contributed by atoms with van der Waals surface area (Å²) < 4.78 is 5.14. The molecule has 0 aliphatic carbocycles. The van der Waals surface area contributed by atoms with Crippen LogP contribution in [0.15, 0.2) is 59.8 Å². The number of carbonyl (C=O) groups excluding carboxylic acids is 2. The Morgan fingerprint density at radius 2 is 1.74 bits per heavy atom. The SMILES string of the molecule is CCOC(=O)C(C)CC(Cc1ccc(-c2ccccc2)cc1)NC(=O)CCC(=N)N(CCN)N=N. The van der Waals surface area contributed by atoms with Gasteiger partial charge in [0.25, 0.3) is 0 Å². The molecule has 9 nitrogen and oxygen atoms in total. The van der Waals surface area contributed by atoms with E-state index in [0.717, 1.165) is 16.7 Å². The van der Waals surface area contributed by atoms with Gasteiger partial charge in [-0.05, 0) is 36.5 Å². The Morgan fingerprint density at radius 1 is 1.09 bits per heavy atom. The van der Waals surface area contributed by atoms with Crippen LogP contribution in [0.1, 0.15) is 38.7 Å². The highest BCUT2D eigenvalue weighted by molar-refractivity contribution is 5.85. The van der Waals surface area contributed by atoms with Crippen LogP contribution < -0.4 is 11.1 Å². The summed E-state index contributed by atoms with van der Waals surface area (Å²) in [6.45, 7) is 4.38. The molecule has 2 aromatic carbocycles. The summed E-state index contributed by atoms with van der Waals surface area (Å²) in [5.74, 6) is -0.824. The van der Waals surface area contributed by atoms with Crippen molar-refractivity contribution in [3.05, 3.63) is 60.2 Å². The Kier molecular flexibility index (Phi) is 11.6. The monoisotopic (exact) mass is 480 g/mol. The minimum absolute atomic E-state index is 0.0635. The number of amides is 1. The van der Waals surface area contributed by atoms with E-state index in [1.807, 2.05) is 30.3 Å². The number of ether oxygens (including phenoxy) is 1. The fourth-order valence-electron chi connectivity index (χ4n) is 3.78. The van der Waals surface area contributed by atoms with Gasteiger partial charge in [-0.3, -0.25) is 15.0 Å². The molecule has 0 bridgehead atoms. The molecule has 2 rings (SSSR count). The molecule has 1 amide bonds. The molecule has 2 aromatic rings. The molecule has 9 heteroatoms. The van der Waals surface area contributed by atoms with Gasteiger partial charge in [-0.25, -0.2) is 5.01 Å². The quantitative estimate of drug-likeness (QED) is 0.106. The second kappa shape index (κ2) is 14.6. The van der Waals surface area contributed by atoms with E-state index in [1.165, 1.54) is 5.01 Å². The summed E-state index contributed by atoms with van der Waals surface area (Å²) in [6.07, 6.45) is 1.21. The normalized spacial score (nSPS) is 12.3. The Balaban J connectivity index is 2.05. The van der Waals surface area contributed by atoms with Gasteiger partial charge < -0.3 is 15.8 Å². The first kappa shape index (κ1) is 27.7. The number of benzene rings is 2. The molecule has 2 atom stereocenters. The second-order valence-electron chi connectivity index (χ2n) is 8.38. The van der Waals surface area contributed by atoms with Gasteiger partial charge in [0.05, 0.1) is 19.1 Å². The van der Waals surface area contributed by atoms with Gasteiger partial charge in [0.2, 0.25) is 5.91 Å². The van der Waals surface area contributed by atoms with E-state index in [0.29, 0.717) is 19.4 Å². The van der Waals surface area contributed by atoms with Crippen LogP contribution in [0.5, 0.6) is 0 Å². The third kappa shape index (κ3) is 9.29. The maximum Gasteiger partial charge on any atom is 0.308 e. The Morgan fingerprint density at radius 3 is 2.34 bits per heavy atom. The van der Waals surface area contributed by atoms with Crippen molar-refractivity contribution in [3.8, 4) is 11.1 Å². The molecule has 5 N–H and O–H groups in total. The second-order valence-corrected chi connectivity index (χ2v) is 8.38. The van der Waals surface area contributed by atoms with Gasteiger partial charge in [-0.15, -0.1) is 0 Å². The summed E-state index contributed by atoms with van der Waals surface area (Å²) >= 11 is 0. The van der Waals surface area contributed by atoms with Crippen LogP contribution in [0, 0.1) is 16.9 Å². The van der Waals surface area contributed by atoms with Crippen molar-refractivity contribution in [3.63, 3.8) is 0 Å². The lowest BCUT2D eigenvalue weighted by Gasteiger charge is -2.22. The predicted molar refractivity (Wildman–Crippen MR) is 136 cm³/mol. The van der Waals surface area contributed by atoms with Gasteiger partial charge in [0.1, 0.15) is 5.84 Å². The minimum atomic E-state index is -0.371. The first-order chi connectivity index (χ1) is 16.9. The summed E-state index contributed by atoms with van der Waals surface area (Å²) in [7, 11) is 0. The number of nitrogens with zero attached hydrogens (tertiary/aromatic N) is 2. The van der Waals surface area contributed by atoms with Crippen molar-refractivity contribution < 1.29 is 14.3 Å². The molecule has 0 aliphatic heterocycles. The first-order valence-electron chi connectivity index (χ1n) is 11.9. The molecule has 0 radical (unpaired) electrons. The third-order valence-corrected chi connectivity index (χ3v) is 5.60. The van der Waals surface area contributed by atoms with E-state index in [1.54, 1.807) is 13.8 Å². The molecule has 0 heterocycles. The number of esters is 1. The van der Waals surface area contributed by atoms with Crippen molar-refractivity contribution >= 4 is 17.7 Å². The average molecular weight is 481 g/mol. The number of amidine groups is 1. The van der Waals surface area contributed by atoms with Crippen molar-refractivity contribution in [2.24, 2.45) is 16.9 Å². The van der Waals surface area contributed by atoms with Gasteiger partial charge in [0, 0.05) is 25.4 Å². The molecule has 0 saturated carbocycles. The largest absolute Gasteiger partial charge is 0.466 e. The standard InChI is InChI=1S/C26H36N6O3/c1-3-35-26(34)19(2)17-23(30-25(33)14-13-24(28)32(31-29)16-15-27)18-20-9-11-22(12-10-20)21-7-5-4-6-8-21/h4-12,19,23,28-29H,3,13-18,27H2,1-2H3,(H,30,33). The van der Waals surface area contributed by atoms with Gasteiger partial charge >= 0.3 is 5.97 Å². The van der Waals surface area contributed by atoms with Crippen molar-refractivity contribution in [2.45, 2.75) is 45.6 Å². The molecule has 0 fully saturated rings. The van der Waals surface area contributed by atoms with Crippen molar-refractivity contribution in [1.82, 2.24) is 10.3 Å². The number of nitrogens with one attached hydrogen (secondary N) is 3. The van der Waals surface area contributed by atoms with E-state index in [2.05, 4.69) is 34.8 Å². The Bertz CT molecular complexity index is 965. The highest BCUT2D eigenvalue weighted by Gasteiger charge is 2.22. The minimum Gasteiger partial charge on any atom is -0.466 e. The average Bonchev–Trinajstić information content (AvgIpc) is 2.86. The first-order valence-corrected chi connectivity index (χ1v) is 11.9. The van der Waals surface area contributed by atoms with Gasteiger partial charge in [0.15, 0.2) is 0 Å². The Labute approximate surface area is 207 Å². The summed E-state index contributed by atoms with van der Waals surface area (Å²) in [4.78, 5) is 24.9. The smallest absolute Gasteiger partial charge is 0.308 e. The zero-order valence-corrected chi connectivity index (χ0v) is 20.5. The number of nitrogens with two attached hydrogens (primary N) is 1. The van der Waals surface area contributed by atoms with E-state index in [-0.39, 0.29) is 55.6 Å². The van der Waals surface area contributed by atoms with E-state index in [9.17, 15) is 9.59 Å². The van der Waals surface area contributed by atoms with Gasteiger partial charge in [-0.2, -0.15) is 5.53 Å². The van der Waals surface area contributed by atoms with Crippen LogP contribution in [0.3, 0.4) is 0 Å². The molecule has 188 valence electrons.